The highest BCUT2D eigenvalue weighted by Crippen LogP contribution is 2.20. The van der Waals surface area contributed by atoms with Crippen molar-refractivity contribution in [2.24, 2.45) is 0 Å². The van der Waals surface area contributed by atoms with Gasteiger partial charge in [0.25, 0.3) is 0 Å². The third kappa shape index (κ3) is 3.39. The second kappa shape index (κ2) is 6.89. The van der Waals surface area contributed by atoms with Gasteiger partial charge in [-0.05, 0) is 44.5 Å². The summed E-state index contributed by atoms with van der Waals surface area (Å²) in [6, 6.07) is 7.31. The summed E-state index contributed by atoms with van der Waals surface area (Å²) in [6.45, 7) is 7.00. The fraction of sp³-hybridized carbons (Fsp3) is 0.500. The van der Waals surface area contributed by atoms with E-state index in [0.717, 1.165) is 24.3 Å². The maximum absolute atomic E-state index is 11.9. The maximum atomic E-state index is 11.9. The number of likely N-dealkylation sites (N-methyl/N-ethyl adjacent to an activating group) is 1. The van der Waals surface area contributed by atoms with Gasteiger partial charge in [-0.15, -0.1) is 0 Å². The van der Waals surface area contributed by atoms with Crippen molar-refractivity contribution in [2.45, 2.75) is 33.2 Å². The van der Waals surface area contributed by atoms with Crippen molar-refractivity contribution in [2.75, 3.05) is 23.8 Å². The molecule has 0 aromatic heterocycles. The van der Waals surface area contributed by atoms with Crippen LogP contribution in [0.2, 0.25) is 0 Å². The van der Waals surface area contributed by atoms with E-state index >= 15 is 0 Å². The smallest absolute Gasteiger partial charge is 0.328 e. The Bertz CT molecular complexity index is 376. The molecule has 1 aromatic rings. The molecule has 0 saturated carbocycles. The van der Waals surface area contributed by atoms with E-state index < -0.39 is 0 Å². The molecule has 18 heavy (non-hydrogen) atoms. The zero-order valence-corrected chi connectivity index (χ0v) is 11.3. The number of carbonyl (C=O) groups is 1. The van der Waals surface area contributed by atoms with E-state index in [4.69, 9.17) is 10.5 Å². The van der Waals surface area contributed by atoms with Gasteiger partial charge in [0, 0.05) is 17.9 Å². The molecule has 0 bridgehead atoms. The Kier molecular flexibility index (Phi) is 5.49. The van der Waals surface area contributed by atoms with E-state index in [1.165, 1.54) is 0 Å². The Morgan fingerprint density at radius 2 is 1.89 bits per heavy atom. The molecule has 0 heterocycles. The van der Waals surface area contributed by atoms with Crippen LogP contribution < -0.4 is 10.6 Å². The van der Waals surface area contributed by atoms with Gasteiger partial charge in [-0.2, -0.15) is 0 Å². The number of hydrogen-bond donors (Lipinski definition) is 1. The largest absolute Gasteiger partial charge is 0.464 e. The number of ether oxygens (including phenoxy) is 1. The Morgan fingerprint density at radius 3 is 2.33 bits per heavy atom. The third-order valence-electron chi connectivity index (χ3n) is 2.89. The number of anilines is 2. The van der Waals surface area contributed by atoms with E-state index in [2.05, 4.69) is 0 Å². The first-order valence-electron chi connectivity index (χ1n) is 6.42. The van der Waals surface area contributed by atoms with Gasteiger partial charge in [-0.25, -0.2) is 4.79 Å². The molecule has 1 unspecified atom stereocenters. The number of benzene rings is 1. The van der Waals surface area contributed by atoms with Crippen molar-refractivity contribution < 1.29 is 9.53 Å². The molecule has 0 spiro atoms. The summed E-state index contributed by atoms with van der Waals surface area (Å²) in [4.78, 5) is 14.0. The summed E-state index contributed by atoms with van der Waals surface area (Å²) < 4.78 is 5.12. The number of esters is 1. The summed E-state index contributed by atoms with van der Waals surface area (Å²) in [5.74, 6) is -0.168. The van der Waals surface area contributed by atoms with Crippen LogP contribution in [-0.2, 0) is 9.53 Å². The van der Waals surface area contributed by atoms with Crippen LogP contribution in [0.3, 0.4) is 0 Å². The highest BCUT2D eigenvalue weighted by Gasteiger charge is 2.24. The molecule has 100 valence electrons. The van der Waals surface area contributed by atoms with Gasteiger partial charge >= 0.3 is 5.97 Å². The van der Waals surface area contributed by atoms with Crippen LogP contribution in [0, 0.1) is 0 Å². The lowest BCUT2D eigenvalue weighted by molar-refractivity contribution is -0.144. The molecular formula is C14H22N2O2. The van der Waals surface area contributed by atoms with E-state index in [1.807, 2.05) is 49.9 Å². The molecule has 1 rings (SSSR count). The summed E-state index contributed by atoms with van der Waals surface area (Å²) in [7, 11) is 0. The zero-order valence-electron chi connectivity index (χ0n) is 11.3. The fourth-order valence-electron chi connectivity index (χ4n) is 2.00. The standard InChI is InChI=1S/C14H22N2O2/c1-4-13(14(17)18-6-3)16(5-2)12-9-7-11(15)8-10-12/h7-10,13H,4-6,15H2,1-3H3. The predicted octanol–water partition coefficient (Wildman–Crippen LogP) is 2.44. The van der Waals surface area contributed by atoms with Crippen molar-refractivity contribution in [3.8, 4) is 0 Å². The number of rotatable bonds is 6. The summed E-state index contributed by atoms with van der Waals surface area (Å²) in [5, 5.41) is 0. The molecule has 0 aliphatic heterocycles. The SMILES string of the molecule is CCOC(=O)C(CC)N(CC)c1ccc(N)cc1. The Balaban J connectivity index is 2.92. The average molecular weight is 250 g/mol. The summed E-state index contributed by atoms with van der Waals surface area (Å²) >= 11 is 0. The van der Waals surface area contributed by atoms with Gasteiger partial charge in [0.1, 0.15) is 6.04 Å². The van der Waals surface area contributed by atoms with Crippen molar-refractivity contribution in [1.82, 2.24) is 0 Å². The molecule has 0 radical (unpaired) electrons. The van der Waals surface area contributed by atoms with Crippen LogP contribution in [0.25, 0.3) is 0 Å². The highest BCUT2D eigenvalue weighted by molar-refractivity contribution is 5.80. The molecule has 0 aliphatic carbocycles. The Labute approximate surface area is 109 Å². The minimum Gasteiger partial charge on any atom is -0.464 e. The molecule has 0 aliphatic rings. The summed E-state index contributed by atoms with van der Waals surface area (Å²) in [6.07, 6.45) is 0.719. The molecule has 4 heteroatoms. The van der Waals surface area contributed by atoms with Gasteiger partial charge in [-0.1, -0.05) is 6.92 Å². The number of hydrogen-bond acceptors (Lipinski definition) is 4. The first-order chi connectivity index (χ1) is 8.63. The van der Waals surface area contributed by atoms with Crippen LogP contribution in [0.1, 0.15) is 27.2 Å². The molecule has 0 amide bonds. The zero-order chi connectivity index (χ0) is 13.5. The number of nitrogens with two attached hydrogens (primary N) is 1. The molecule has 0 saturated heterocycles. The molecule has 4 nitrogen and oxygen atoms in total. The van der Waals surface area contributed by atoms with Gasteiger partial charge in [0.05, 0.1) is 6.61 Å². The van der Waals surface area contributed by atoms with Crippen LogP contribution in [0.15, 0.2) is 24.3 Å². The fourth-order valence-corrected chi connectivity index (χ4v) is 2.00. The van der Waals surface area contributed by atoms with Crippen molar-refractivity contribution >= 4 is 17.3 Å². The maximum Gasteiger partial charge on any atom is 0.328 e. The van der Waals surface area contributed by atoms with Crippen molar-refractivity contribution in [3.05, 3.63) is 24.3 Å². The van der Waals surface area contributed by atoms with E-state index in [1.54, 1.807) is 0 Å². The minimum absolute atomic E-state index is 0.168. The van der Waals surface area contributed by atoms with Crippen LogP contribution in [0.4, 0.5) is 11.4 Å². The van der Waals surface area contributed by atoms with Crippen molar-refractivity contribution in [1.29, 1.82) is 0 Å². The molecular weight excluding hydrogens is 228 g/mol. The molecule has 0 fully saturated rings. The van der Waals surface area contributed by atoms with Gasteiger partial charge in [-0.3, -0.25) is 0 Å². The van der Waals surface area contributed by atoms with Gasteiger partial charge in [0.2, 0.25) is 0 Å². The highest BCUT2D eigenvalue weighted by atomic mass is 16.5. The lowest BCUT2D eigenvalue weighted by Gasteiger charge is -2.30. The Morgan fingerprint density at radius 1 is 1.28 bits per heavy atom. The van der Waals surface area contributed by atoms with Crippen LogP contribution >= 0.6 is 0 Å². The number of carbonyl (C=O) groups excluding carboxylic acids is 1. The second-order valence-corrected chi connectivity index (χ2v) is 4.05. The first kappa shape index (κ1) is 14.4. The van der Waals surface area contributed by atoms with Crippen LogP contribution in [-0.4, -0.2) is 25.2 Å². The van der Waals surface area contributed by atoms with Crippen molar-refractivity contribution in [3.63, 3.8) is 0 Å². The summed E-state index contributed by atoms with van der Waals surface area (Å²) in [5.41, 5.74) is 7.39. The third-order valence-corrected chi connectivity index (χ3v) is 2.89. The lowest BCUT2D eigenvalue weighted by atomic mass is 10.1. The number of nitrogens with zero attached hydrogens (tertiary/aromatic N) is 1. The monoisotopic (exact) mass is 250 g/mol. The molecule has 2 N–H and O–H groups in total. The van der Waals surface area contributed by atoms with E-state index in [9.17, 15) is 4.79 Å². The molecule has 1 aromatic carbocycles. The first-order valence-corrected chi connectivity index (χ1v) is 6.42. The minimum atomic E-state index is -0.237. The van der Waals surface area contributed by atoms with Crippen LogP contribution in [0.5, 0.6) is 0 Å². The number of nitrogen functional groups attached to an aromatic ring is 1. The van der Waals surface area contributed by atoms with E-state index in [-0.39, 0.29) is 12.0 Å². The lowest BCUT2D eigenvalue weighted by Crippen LogP contribution is -2.42. The van der Waals surface area contributed by atoms with Gasteiger partial charge in [0.15, 0.2) is 0 Å². The normalized spacial score (nSPS) is 11.9. The van der Waals surface area contributed by atoms with E-state index in [0.29, 0.717) is 6.61 Å². The quantitative estimate of drug-likeness (QED) is 0.622. The second-order valence-electron chi connectivity index (χ2n) is 4.05. The average Bonchev–Trinajstić information content (AvgIpc) is 2.37. The topological polar surface area (TPSA) is 55.6 Å². The predicted molar refractivity (Wildman–Crippen MR) is 74.6 cm³/mol. The van der Waals surface area contributed by atoms with Gasteiger partial charge < -0.3 is 15.4 Å². The molecule has 1 atom stereocenters. The Hall–Kier alpha value is -1.71.